The molecular formula is C9H9FN2O4S. The smallest absolute Gasteiger partial charge is 0.425 e. The lowest BCUT2D eigenvalue weighted by atomic mass is 10.1. The Kier molecular flexibility index (Phi) is 2.76. The van der Waals surface area contributed by atoms with Gasteiger partial charge in [0.25, 0.3) is 0 Å². The van der Waals surface area contributed by atoms with Crippen molar-refractivity contribution in [1.29, 1.82) is 0 Å². The lowest BCUT2D eigenvalue weighted by molar-refractivity contribution is 0.170. The number of cyclic esters (lactones) is 1. The highest BCUT2D eigenvalue weighted by atomic mass is 32.2. The van der Waals surface area contributed by atoms with E-state index in [0.29, 0.717) is 9.87 Å². The normalized spacial score (nSPS) is 20.5. The molecule has 1 atom stereocenters. The van der Waals surface area contributed by atoms with Gasteiger partial charge in [0.05, 0.1) is 0 Å². The highest BCUT2D eigenvalue weighted by Crippen LogP contribution is 2.29. The number of rotatable bonds is 2. The van der Waals surface area contributed by atoms with E-state index in [2.05, 4.69) is 4.74 Å². The van der Waals surface area contributed by atoms with Crippen molar-refractivity contribution in [2.24, 2.45) is 5.14 Å². The van der Waals surface area contributed by atoms with Crippen molar-refractivity contribution in [2.75, 3.05) is 6.61 Å². The maximum atomic E-state index is 12.7. The van der Waals surface area contributed by atoms with Crippen molar-refractivity contribution in [3.63, 3.8) is 0 Å². The first kappa shape index (κ1) is 11.8. The van der Waals surface area contributed by atoms with Crippen LogP contribution in [0.25, 0.3) is 0 Å². The molecule has 0 radical (unpaired) electrons. The molecule has 17 heavy (non-hydrogen) atoms. The standard InChI is InChI=1S/C9H9FN2O4S/c10-7-3-1-6(2-4-7)8-5-16-9(13)12(8)17(11,14)15/h1-4,8H,5H2,(H2,11,14,15). The van der Waals surface area contributed by atoms with Gasteiger partial charge in [0.1, 0.15) is 18.5 Å². The highest BCUT2D eigenvalue weighted by molar-refractivity contribution is 7.87. The summed E-state index contributed by atoms with van der Waals surface area (Å²) < 4.78 is 40.2. The molecule has 1 aromatic rings. The summed E-state index contributed by atoms with van der Waals surface area (Å²) in [6.07, 6.45) is -1.03. The van der Waals surface area contributed by atoms with Gasteiger partial charge in [-0.2, -0.15) is 12.7 Å². The van der Waals surface area contributed by atoms with E-state index in [1.54, 1.807) is 0 Å². The maximum Gasteiger partial charge on any atom is 0.425 e. The number of carbonyl (C=O) groups excluding carboxylic acids is 1. The zero-order valence-corrected chi connectivity index (χ0v) is 9.35. The Balaban J connectivity index is 2.39. The van der Waals surface area contributed by atoms with E-state index in [1.165, 1.54) is 24.3 Å². The minimum absolute atomic E-state index is 0.138. The second kappa shape index (κ2) is 3.97. The molecule has 0 aliphatic carbocycles. The number of nitrogens with two attached hydrogens (primary N) is 1. The average Bonchev–Trinajstić information content (AvgIpc) is 2.61. The summed E-state index contributed by atoms with van der Waals surface area (Å²) in [6.45, 7) is -0.138. The molecule has 1 aromatic carbocycles. The number of amides is 1. The Bertz CT molecular complexity index is 543. The largest absolute Gasteiger partial charge is 0.446 e. The number of nitrogens with zero attached hydrogens (tertiary/aromatic N) is 1. The van der Waals surface area contributed by atoms with E-state index in [0.717, 1.165) is 0 Å². The van der Waals surface area contributed by atoms with Crippen LogP contribution in [0.2, 0.25) is 0 Å². The van der Waals surface area contributed by atoms with Crippen molar-refractivity contribution >= 4 is 16.3 Å². The molecule has 92 valence electrons. The van der Waals surface area contributed by atoms with Gasteiger partial charge in [-0.1, -0.05) is 12.1 Å². The van der Waals surface area contributed by atoms with Crippen LogP contribution in [0.3, 0.4) is 0 Å². The van der Waals surface area contributed by atoms with E-state index in [1.807, 2.05) is 0 Å². The third kappa shape index (κ3) is 2.22. The van der Waals surface area contributed by atoms with Gasteiger partial charge in [0.2, 0.25) is 0 Å². The molecule has 2 N–H and O–H groups in total. The predicted octanol–water partition coefficient (Wildman–Crippen LogP) is 0.523. The van der Waals surface area contributed by atoms with E-state index < -0.39 is 28.2 Å². The molecular weight excluding hydrogens is 251 g/mol. The first-order valence-electron chi connectivity index (χ1n) is 4.64. The number of benzene rings is 1. The third-order valence-corrected chi connectivity index (χ3v) is 3.31. The molecule has 6 nitrogen and oxygen atoms in total. The molecule has 0 aromatic heterocycles. The first-order chi connectivity index (χ1) is 7.89. The monoisotopic (exact) mass is 260 g/mol. The van der Waals surface area contributed by atoms with E-state index in [4.69, 9.17) is 5.14 Å². The van der Waals surface area contributed by atoms with E-state index in [-0.39, 0.29) is 6.61 Å². The van der Waals surface area contributed by atoms with E-state index in [9.17, 15) is 17.6 Å². The molecule has 1 amide bonds. The summed E-state index contributed by atoms with van der Waals surface area (Å²) in [6, 6.07) is 4.23. The van der Waals surface area contributed by atoms with Gasteiger partial charge in [-0.3, -0.25) is 0 Å². The molecule has 1 fully saturated rings. The molecule has 0 bridgehead atoms. The average molecular weight is 260 g/mol. The van der Waals surface area contributed by atoms with Gasteiger partial charge >= 0.3 is 16.3 Å². The van der Waals surface area contributed by atoms with Crippen molar-refractivity contribution in [3.8, 4) is 0 Å². The van der Waals surface area contributed by atoms with Crippen LogP contribution < -0.4 is 5.14 Å². The number of hydrogen-bond donors (Lipinski definition) is 1. The quantitative estimate of drug-likeness (QED) is 0.839. The number of halogens is 1. The molecule has 1 aliphatic heterocycles. The molecule has 8 heteroatoms. The molecule has 1 aliphatic rings. The Morgan fingerprint density at radius 2 is 1.94 bits per heavy atom. The van der Waals surface area contributed by atoms with Gasteiger partial charge in [-0.15, -0.1) is 0 Å². The second-order valence-corrected chi connectivity index (χ2v) is 4.91. The van der Waals surface area contributed by atoms with Crippen LogP contribution in [0.1, 0.15) is 11.6 Å². The van der Waals surface area contributed by atoms with Crippen molar-refractivity contribution in [3.05, 3.63) is 35.6 Å². The Hall–Kier alpha value is -1.67. The Morgan fingerprint density at radius 1 is 1.35 bits per heavy atom. The summed E-state index contributed by atoms with van der Waals surface area (Å²) in [7, 11) is -4.19. The van der Waals surface area contributed by atoms with Crippen LogP contribution in [0, 0.1) is 5.82 Å². The van der Waals surface area contributed by atoms with Crippen LogP contribution in [-0.2, 0) is 14.9 Å². The van der Waals surface area contributed by atoms with Crippen LogP contribution in [-0.4, -0.2) is 25.4 Å². The summed E-state index contributed by atoms with van der Waals surface area (Å²) in [5, 5.41) is 4.91. The van der Waals surface area contributed by atoms with Crippen molar-refractivity contribution in [2.45, 2.75) is 6.04 Å². The van der Waals surface area contributed by atoms with Gasteiger partial charge in [0.15, 0.2) is 0 Å². The fourth-order valence-corrected chi connectivity index (χ4v) is 2.40. The van der Waals surface area contributed by atoms with Gasteiger partial charge in [-0.25, -0.2) is 14.3 Å². The van der Waals surface area contributed by atoms with E-state index >= 15 is 0 Å². The molecule has 1 unspecified atom stereocenters. The zero-order chi connectivity index (χ0) is 12.6. The molecule has 1 heterocycles. The van der Waals surface area contributed by atoms with Crippen molar-refractivity contribution < 1.29 is 22.3 Å². The highest BCUT2D eigenvalue weighted by Gasteiger charge is 2.40. The van der Waals surface area contributed by atoms with Crippen LogP contribution in [0.5, 0.6) is 0 Å². The number of ether oxygens (including phenoxy) is 1. The zero-order valence-electron chi connectivity index (χ0n) is 8.54. The van der Waals surface area contributed by atoms with Gasteiger partial charge in [-0.05, 0) is 17.7 Å². The fraction of sp³-hybridized carbons (Fsp3) is 0.222. The topological polar surface area (TPSA) is 89.7 Å². The van der Waals surface area contributed by atoms with Gasteiger partial charge < -0.3 is 4.74 Å². The predicted molar refractivity (Wildman–Crippen MR) is 55.4 cm³/mol. The molecule has 2 rings (SSSR count). The Morgan fingerprint density at radius 3 is 2.47 bits per heavy atom. The summed E-state index contributed by atoms with van der Waals surface area (Å²) >= 11 is 0. The summed E-state index contributed by atoms with van der Waals surface area (Å²) in [5.41, 5.74) is 0.436. The molecule has 1 saturated heterocycles. The summed E-state index contributed by atoms with van der Waals surface area (Å²) in [5.74, 6) is -0.457. The molecule has 0 saturated carbocycles. The van der Waals surface area contributed by atoms with Gasteiger partial charge in [0, 0.05) is 0 Å². The molecule has 0 spiro atoms. The number of carbonyl (C=O) groups is 1. The third-order valence-electron chi connectivity index (χ3n) is 2.36. The second-order valence-electron chi connectivity index (χ2n) is 3.49. The SMILES string of the molecule is NS(=O)(=O)N1C(=O)OCC1c1ccc(F)cc1. The van der Waals surface area contributed by atoms with Crippen molar-refractivity contribution in [1.82, 2.24) is 4.31 Å². The van der Waals surface area contributed by atoms with Crippen LogP contribution in [0.15, 0.2) is 24.3 Å². The lowest BCUT2D eigenvalue weighted by Crippen LogP contribution is -2.39. The first-order valence-corrected chi connectivity index (χ1v) is 6.14. The fourth-order valence-electron chi connectivity index (χ4n) is 1.61. The summed E-state index contributed by atoms with van der Waals surface area (Å²) in [4.78, 5) is 11.2. The minimum atomic E-state index is -4.19. The number of hydrogen-bond acceptors (Lipinski definition) is 4. The Labute approximate surface area is 97.0 Å². The minimum Gasteiger partial charge on any atom is -0.446 e. The van der Waals surface area contributed by atoms with Crippen LogP contribution >= 0.6 is 0 Å². The lowest BCUT2D eigenvalue weighted by Gasteiger charge is -2.18. The van der Waals surface area contributed by atoms with Crippen LogP contribution in [0.4, 0.5) is 9.18 Å². The maximum absolute atomic E-state index is 12.7.